The van der Waals surface area contributed by atoms with Crippen molar-refractivity contribution in [3.05, 3.63) is 12.2 Å². The second-order valence-corrected chi connectivity index (χ2v) is 8.20. The molecule has 31 heavy (non-hydrogen) atoms. The van der Waals surface area contributed by atoms with Crippen LogP contribution < -0.4 is 21.7 Å². The van der Waals surface area contributed by atoms with Gasteiger partial charge in [-0.25, -0.2) is 9.59 Å². The monoisotopic (exact) mass is 478 g/mol. The minimum atomic E-state index is -1.26. The topological polar surface area (TPSA) is 177 Å². The van der Waals surface area contributed by atoms with E-state index in [4.69, 9.17) is 5.73 Å². The van der Waals surface area contributed by atoms with Crippen LogP contribution in [0.3, 0.4) is 0 Å². The van der Waals surface area contributed by atoms with Crippen molar-refractivity contribution in [2.24, 2.45) is 5.73 Å². The highest BCUT2D eigenvalue weighted by Crippen LogP contribution is 2.03. The van der Waals surface area contributed by atoms with Gasteiger partial charge in [-0.05, 0) is 36.9 Å². The number of nitrogens with two attached hydrogens (primary N) is 1. The van der Waals surface area contributed by atoms with Gasteiger partial charge >= 0.3 is 11.9 Å². The van der Waals surface area contributed by atoms with Crippen LogP contribution in [0.2, 0.25) is 0 Å². The van der Waals surface area contributed by atoms with Gasteiger partial charge in [0.2, 0.25) is 17.7 Å². The zero-order valence-corrected chi connectivity index (χ0v) is 19.3. The van der Waals surface area contributed by atoms with Crippen molar-refractivity contribution in [1.82, 2.24) is 16.0 Å². The number of carboxylic acid groups (broad SMARTS) is 1. The summed E-state index contributed by atoms with van der Waals surface area (Å²) in [4.78, 5) is 59.3. The molecule has 0 aromatic rings. The molecule has 0 bridgehead atoms. The zero-order valence-electron chi connectivity index (χ0n) is 17.7. The Balaban J connectivity index is 5.22. The Labute approximate surface area is 189 Å². The van der Waals surface area contributed by atoms with E-state index in [9.17, 15) is 29.1 Å². The van der Waals surface area contributed by atoms with Gasteiger partial charge in [0.25, 0.3) is 0 Å². The Morgan fingerprint density at radius 1 is 0.968 bits per heavy atom. The van der Waals surface area contributed by atoms with Gasteiger partial charge < -0.3 is 31.5 Å². The van der Waals surface area contributed by atoms with Gasteiger partial charge in [0.05, 0.1) is 13.2 Å². The predicted molar refractivity (Wildman–Crippen MR) is 120 cm³/mol. The van der Waals surface area contributed by atoms with E-state index in [2.05, 4.69) is 20.7 Å². The fraction of sp³-hybridized carbons (Fsp3) is 0.611. The third kappa shape index (κ3) is 12.9. The molecule has 6 N–H and O–H groups in total. The van der Waals surface area contributed by atoms with Crippen molar-refractivity contribution in [2.45, 2.75) is 31.0 Å². The highest BCUT2D eigenvalue weighted by atomic mass is 32.2. The number of ether oxygens (including phenoxy) is 1. The number of hydrogen-bond acceptors (Lipinski definition) is 9. The van der Waals surface area contributed by atoms with Gasteiger partial charge in [-0.2, -0.15) is 23.5 Å². The highest BCUT2D eigenvalue weighted by Gasteiger charge is 2.28. The van der Waals surface area contributed by atoms with Crippen molar-refractivity contribution in [3.8, 4) is 0 Å². The Morgan fingerprint density at radius 2 is 1.55 bits per heavy atom. The minimum Gasteiger partial charge on any atom is -0.480 e. The summed E-state index contributed by atoms with van der Waals surface area (Å²) in [6, 6.07) is -3.29. The van der Waals surface area contributed by atoms with Crippen LogP contribution >= 0.6 is 23.5 Å². The number of aliphatic carboxylic acids is 1. The van der Waals surface area contributed by atoms with Crippen LogP contribution in [-0.2, 0) is 28.7 Å². The molecule has 0 heterocycles. The van der Waals surface area contributed by atoms with Gasteiger partial charge in [0.15, 0.2) is 0 Å². The van der Waals surface area contributed by atoms with Crippen LogP contribution in [-0.4, -0.2) is 90.6 Å². The summed E-state index contributed by atoms with van der Waals surface area (Å²) >= 11 is 2.93. The molecule has 0 aliphatic heterocycles. The predicted octanol–water partition coefficient (Wildman–Crippen LogP) is -1.28. The lowest BCUT2D eigenvalue weighted by Crippen LogP contribution is -2.58. The molecule has 0 radical (unpaired) electrons. The first-order valence-electron chi connectivity index (χ1n) is 9.27. The number of nitrogens with one attached hydrogen (secondary N) is 3. The van der Waals surface area contributed by atoms with E-state index >= 15 is 0 Å². The van der Waals surface area contributed by atoms with Gasteiger partial charge in [-0.15, -0.1) is 0 Å². The maximum absolute atomic E-state index is 12.6. The number of carboxylic acids is 1. The molecule has 3 atom stereocenters. The molecule has 0 saturated heterocycles. The smallest absolute Gasteiger partial charge is 0.330 e. The van der Waals surface area contributed by atoms with Gasteiger partial charge in [-0.1, -0.05) is 0 Å². The van der Waals surface area contributed by atoms with Crippen molar-refractivity contribution in [1.29, 1.82) is 0 Å². The Kier molecular flexibility index (Phi) is 15.3. The SMILES string of the molecule is COC(=O)/C=C/C(=O)NCC(NC(=O)C(N)CCSC)C(=O)NC(CCSC)C(=O)O. The van der Waals surface area contributed by atoms with E-state index in [1.54, 1.807) is 6.26 Å². The molecule has 3 amide bonds. The molecule has 13 heteroatoms. The number of carbonyl (C=O) groups excluding carboxylic acids is 4. The number of esters is 1. The molecule has 0 aromatic heterocycles. The second-order valence-electron chi connectivity index (χ2n) is 6.23. The molecule has 0 spiro atoms. The molecule has 0 fully saturated rings. The summed E-state index contributed by atoms with van der Waals surface area (Å²) in [6.07, 6.45) is 6.02. The normalized spacial score (nSPS) is 13.7. The molecule has 0 rings (SSSR count). The standard InChI is InChI=1S/C18H30N4O7S2/c1-29-15(24)5-4-14(23)20-10-13(22-16(25)11(19)6-8-30-2)17(26)21-12(18(27)28)7-9-31-3/h4-5,11-13H,6-10,19H2,1-3H3,(H,20,23)(H,21,26)(H,22,25)(H,27,28)/b5-4+. The van der Waals surface area contributed by atoms with E-state index < -0.39 is 47.8 Å². The summed E-state index contributed by atoms with van der Waals surface area (Å²) in [5, 5.41) is 16.5. The van der Waals surface area contributed by atoms with Gasteiger partial charge in [-0.3, -0.25) is 14.4 Å². The van der Waals surface area contributed by atoms with E-state index in [1.165, 1.54) is 23.5 Å². The maximum Gasteiger partial charge on any atom is 0.330 e. The lowest BCUT2D eigenvalue weighted by atomic mass is 10.1. The fourth-order valence-electron chi connectivity index (χ4n) is 2.10. The van der Waals surface area contributed by atoms with Crippen LogP contribution in [0.5, 0.6) is 0 Å². The van der Waals surface area contributed by atoms with E-state index in [0.29, 0.717) is 17.9 Å². The average Bonchev–Trinajstić information content (AvgIpc) is 2.75. The third-order valence-corrected chi connectivity index (χ3v) is 5.17. The number of thioether (sulfide) groups is 2. The largest absolute Gasteiger partial charge is 0.480 e. The molecular weight excluding hydrogens is 448 g/mol. The van der Waals surface area contributed by atoms with Crippen molar-refractivity contribution < 1.29 is 33.8 Å². The van der Waals surface area contributed by atoms with Crippen LogP contribution in [0.15, 0.2) is 12.2 Å². The summed E-state index contributed by atoms with van der Waals surface area (Å²) in [5.74, 6) is -2.91. The Morgan fingerprint density at radius 3 is 2.10 bits per heavy atom. The average molecular weight is 479 g/mol. The Bertz CT molecular complexity index is 661. The fourth-order valence-corrected chi connectivity index (χ4v) is 3.06. The highest BCUT2D eigenvalue weighted by molar-refractivity contribution is 7.98. The summed E-state index contributed by atoms with van der Waals surface area (Å²) in [5.41, 5.74) is 5.82. The van der Waals surface area contributed by atoms with E-state index in [1.807, 2.05) is 6.26 Å². The number of carbonyl (C=O) groups is 5. The maximum atomic E-state index is 12.6. The second kappa shape index (κ2) is 16.4. The van der Waals surface area contributed by atoms with Crippen LogP contribution in [0, 0.1) is 0 Å². The molecular formula is C18H30N4O7S2. The lowest BCUT2D eigenvalue weighted by molar-refractivity contribution is -0.142. The summed E-state index contributed by atoms with van der Waals surface area (Å²) < 4.78 is 4.37. The van der Waals surface area contributed by atoms with Crippen molar-refractivity contribution >= 4 is 53.2 Å². The molecule has 0 aromatic carbocycles. The summed E-state index contributed by atoms with van der Waals surface area (Å²) in [7, 11) is 1.15. The van der Waals surface area contributed by atoms with E-state index in [0.717, 1.165) is 19.3 Å². The van der Waals surface area contributed by atoms with Crippen molar-refractivity contribution in [2.75, 3.05) is 37.7 Å². The quantitative estimate of drug-likeness (QED) is 0.141. The van der Waals surface area contributed by atoms with Gasteiger partial charge in [0, 0.05) is 18.7 Å². The summed E-state index contributed by atoms with van der Waals surface area (Å²) in [6.45, 7) is -0.341. The van der Waals surface area contributed by atoms with Gasteiger partial charge in [0.1, 0.15) is 12.1 Å². The third-order valence-electron chi connectivity index (χ3n) is 3.88. The molecule has 0 aliphatic rings. The number of hydrogen-bond donors (Lipinski definition) is 5. The molecule has 176 valence electrons. The Hall–Kier alpha value is -2.25. The molecule has 11 nitrogen and oxygen atoms in total. The van der Waals surface area contributed by atoms with Crippen molar-refractivity contribution in [3.63, 3.8) is 0 Å². The number of methoxy groups -OCH3 is 1. The zero-order chi connectivity index (χ0) is 23.8. The molecule has 3 unspecified atom stereocenters. The lowest BCUT2D eigenvalue weighted by Gasteiger charge is -2.23. The van der Waals surface area contributed by atoms with Crippen LogP contribution in [0.1, 0.15) is 12.8 Å². The van der Waals surface area contributed by atoms with Crippen LogP contribution in [0.4, 0.5) is 0 Å². The van der Waals surface area contributed by atoms with E-state index in [-0.39, 0.29) is 13.0 Å². The minimum absolute atomic E-state index is 0.185. The molecule has 0 aliphatic carbocycles. The first-order valence-corrected chi connectivity index (χ1v) is 12.1. The first-order chi connectivity index (χ1) is 14.7. The van der Waals surface area contributed by atoms with Crippen LogP contribution in [0.25, 0.3) is 0 Å². The number of rotatable bonds is 15. The number of amides is 3. The molecule has 0 saturated carbocycles. The first kappa shape index (κ1) is 28.8.